The first-order valence-corrected chi connectivity index (χ1v) is 15.8. The summed E-state index contributed by atoms with van der Waals surface area (Å²) in [5.41, 5.74) is -2.27. The molecule has 1 atom stereocenters. The van der Waals surface area contributed by atoms with Crippen LogP contribution in [-0.2, 0) is 33.5 Å². The summed E-state index contributed by atoms with van der Waals surface area (Å²) in [7, 11) is 0. The number of benzene rings is 2. The van der Waals surface area contributed by atoms with Gasteiger partial charge in [-0.05, 0) is 74.4 Å². The van der Waals surface area contributed by atoms with Gasteiger partial charge in [-0.2, -0.15) is 13.2 Å². The molecule has 0 saturated carbocycles. The third-order valence-corrected chi connectivity index (χ3v) is 8.31. The maximum absolute atomic E-state index is 13.4. The molecule has 1 fully saturated rings. The molecule has 1 unspecified atom stereocenters. The van der Waals surface area contributed by atoms with Crippen molar-refractivity contribution in [3.05, 3.63) is 71.2 Å². The molecule has 1 saturated heterocycles. The van der Waals surface area contributed by atoms with Gasteiger partial charge in [0.1, 0.15) is 11.6 Å². The van der Waals surface area contributed by atoms with E-state index in [1.54, 1.807) is 57.2 Å². The summed E-state index contributed by atoms with van der Waals surface area (Å²) in [5.74, 6) is -0.772. The maximum atomic E-state index is 13.4. The molecule has 3 aromatic rings. The molecule has 1 aromatic heterocycles. The Kier molecular flexibility index (Phi) is 10.8. The van der Waals surface area contributed by atoms with Gasteiger partial charge in [-0.15, -0.1) is 0 Å². The zero-order valence-electron chi connectivity index (χ0n) is 26.0. The minimum Gasteiger partial charge on any atom is -0.493 e. The Bertz CT molecular complexity index is 1500. The topological polar surface area (TPSA) is 78.0 Å². The summed E-state index contributed by atoms with van der Waals surface area (Å²) in [6, 6.07) is 12.8. The third kappa shape index (κ3) is 9.18. The van der Waals surface area contributed by atoms with Gasteiger partial charge < -0.3 is 18.6 Å². The number of pyridine rings is 1. The second-order valence-corrected chi connectivity index (χ2v) is 13.2. The largest absolute Gasteiger partial charge is 0.508 e. The molecule has 0 amide bonds. The highest BCUT2D eigenvalue weighted by Crippen LogP contribution is 2.45. The van der Waals surface area contributed by atoms with Crippen molar-refractivity contribution in [3.63, 3.8) is 0 Å². The van der Waals surface area contributed by atoms with E-state index in [-0.39, 0.29) is 35.0 Å². The molecule has 2 aromatic carbocycles. The van der Waals surface area contributed by atoms with Gasteiger partial charge in [0, 0.05) is 30.8 Å². The van der Waals surface area contributed by atoms with Crippen LogP contribution in [0.15, 0.2) is 48.5 Å². The van der Waals surface area contributed by atoms with E-state index in [0.29, 0.717) is 48.7 Å². The number of hydrogen-bond donors (Lipinski definition) is 0. The van der Waals surface area contributed by atoms with Gasteiger partial charge in [0.05, 0.1) is 30.4 Å². The molecule has 244 valence electrons. The number of esters is 1. The molecule has 0 aliphatic carbocycles. The van der Waals surface area contributed by atoms with Crippen molar-refractivity contribution >= 4 is 22.7 Å². The average molecular weight is 651 g/mol. The SMILES string of the molecule is Cc1nc(OS(=O)C(F)(F)F)c(-c2ccc(OCCc3ccc(F)cc3)cc2)c(N2CCC(C)(C)CC2)c1CC(=O)OC(C)C. The summed E-state index contributed by atoms with van der Waals surface area (Å²) in [5, 5.41) is 0. The smallest absolute Gasteiger partial charge is 0.493 e. The molecule has 0 radical (unpaired) electrons. The van der Waals surface area contributed by atoms with E-state index in [2.05, 4.69) is 18.8 Å². The van der Waals surface area contributed by atoms with E-state index in [0.717, 1.165) is 18.4 Å². The van der Waals surface area contributed by atoms with Gasteiger partial charge >= 0.3 is 22.6 Å². The first-order chi connectivity index (χ1) is 21.1. The molecule has 12 heteroatoms. The van der Waals surface area contributed by atoms with Crippen LogP contribution in [0, 0.1) is 18.2 Å². The number of carbonyl (C=O) groups excluding carboxylic acids is 1. The van der Waals surface area contributed by atoms with Gasteiger partial charge in [-0.3, -0.25) is 4.79 Å². The van der Waals surface area contributed by atoms with Crippen molar-refractivity contribution < 1.29 is 40.2 Å². The molecule has 0 spiro atoms. The monoisotopic (exact) mass is 650 g/mol. The van der Waals surface area contributed by atoms with Gasteiger partial charge in [-0.1, -0.05) is 38.1 Å². The number of halogens is 4. The second-order valence-electron chi connectivity index (χ2n) is 12.1. The highest BCUT2D eigenvalue weighted by molar-refractivity contribution is 7.81. The van der Waals surface area contributed by atoms with Crippen LogP contribution >= 0.6 is 0 Å². The number of rotatable bonds is 11. The molecule has 0 N–H and O–H groups in total. The molecule has 1 aliphatic heterocycles. The van der Waals surface area contributed by atoms with Crippen LogP contribution in [0.2, 0.25) is 0 Å². The molecule has 7 nitrogen and oxygen atoms in total. The number of carbonyl (C=O) groups is 1. The molecule has 45 heavy (non-hydrogen) atoms. The van der Waals surface area contributed by atoms with Gasteiger partial charge in [0.25, 0.3) is 0 Å². The second kappa shape index (κ2) is 14.2. The van der Waals surface area contributed by atoms with Crippen molar-refractivity contribution in [1.82, 2.24) is 4.98 Å². The van der Waals surface area contributed by atoms with Gasteiger partial charge in [0.2, 0.25) is 5.88 Å². The third-order valence-electron chi connectivity index (χ3n) is 7.62. The van der Waals surface area contributed by atoms with Crippen molar-refractivity contribution in [2.45, 2.75) is 71.9 Å². The van der Waals surface area contributed by atoms with E-state index < -0.39 is 28.4 Å². The number of anilines is 1. The van der Waals surface area contributed by atoms with Crippen molar-refractivity contribution in [3.8, 4) is 22.8 Å². The predicted molar refractivity (Wildman–Crippen MR) is 165 cm³/mol. The lowest BCUT2D eigenvalue weighted by molar-refractivity contribution is -0.146. The zero-order chi connectivity index (χ0) is 32.9. The highest BCUT2D eigenvalue weighted by atomic mass is 32.2. The predicted octanol–water partition coefficient (Wildman–Crippen LogP) is 7.50. The maximum Gasteiger partial charge on any atom is 0.508 e. The summed E-state index contributed by atoms with van der Waals surface area (Å²) >= 11 is -3.68. The van der Waals surface area contributed by atoms with Crippen LogP contribution in [0.1, 0.15) is 57.4 Å². The first kappa shape index (κ1) is 34.2. The Labute approximate surface area is 263 Å². The lowest BCUT2D eigenvalue weighted by atomic mass is 9.82. The minimum absolute atomic E-state index is 0.0550. The highest BCUT2D eigenvalue weighted by Gasteiger charge is 2.41. The number of aryl methyl sites for hydroxylation is 1. The lowest BCUT2D eigenvalue weighted by Crippen LogP contribution is -2.38. The van der Waals surface area contributed by atoms with Crippen LogP contribution in [-0.4, -0.2) is 46.5 Å². The number of nitrogens with zero attached hydrogens (tertiary/aromatic N) is 2. The van der Waals surface area contributed by atoms with Crippen molar-refractivity contribution in [1.29, 1.82) is 0 Å². The van der Waals surface area contributed by atoms with Gasteiger partial charge in [0.15, 0.2) is 0 Å². The fraction of sp³-hybridized carbons (Fsp3) is 0.455. The number of ether oxygens (including phenoxy) is 2. The molecule has 0 bridgehead atoms. The van der Waals surface area contributed by atoms with Crippen LogP contribution in [0.5, 0.6) is 11.6 Å². The summed E-state index contributed by atoms with van der Waals surface area (Å²) in [6.45, 7) is 10.8. The summed E-state index contributed by atoms with van der Waals surface area (Å²) < 4.78 is 82.0. The van der Waals surface area contributed by atoms with Crippen LogP contribution in [0.3, 0.4) is 0 Å². The zero-order valence-corrected chi connectivity index (χ0v) is 26.8. The van der Waals surface area contributed by atoms with E-state index >= 15 is 0 Å². The van der Waals surface area contributed by atoms with E-state index in [1.165, 1.54) is 12.1 Å². The quantitative estimate of drug-likeness (QED) is 0.157. The summed E-state index contributed by atoms with van der Waals surface area (Å²) in [4.78, 5) is 19.2. The number of hydrogen-bond acceptors (Lipinski definition) is 7. The Morgan fingerprint density at radius 2 is 1.67 bits per heavy atom. The van der Waals surface area contributed by atoms with Crippen LogP contribution in [0.25, 0.3) is 11.1 Å². The Morgan fingerprint density at radius 3 is 2.24 bits per heavy atom. The molecule has 4 rings (SSSR count). The Balaban J connectivity index is 1.76. The summed E-state index contributed by atoms with van der Waals surface area (Å²) in [6.07, 6.45) is 1.62. The van der Waals surface area contributed by atoms with Crippen LogP contribution in [0.4, 0.5) is 23.2 Å². The van der Waals surface area contributed by atoms with E-state index in [1.807, 2.05) is 4.90 Å². The number of piperidine rings is 1. The lowest BCUT2D eigenvalue weighted by Gasteiger charge is -2.40. The van der Waals surface area contributed by atoms with Crippen LogP contribution < -0.4 is 13.8 Å². The fourth-order valence-corrected chi connectivity index (χ4v) is 5.50. The average Bonchev–Trinajstić information content (AvgIpc) is 2.95. The fourth-order valence-electron chi connectivity index (χ4n) is 5.14. The van der Waals surface area contributed by atoms with Crippen molar-refractivity contribution in [2.75, 3.05) is 24.6 Å². The Hall–Kier alpha value is -3.67. The first-order valence-electron chi connectivity index (χ1n) is 14.8. The molecule has 1 aliphatic rings. The number of alkyl halides is 3. The number of aromatic nitrogens is 1. The normalized spacial score (nSPS) is 15.6. The molecular weight excluding hydrogens is 612 g/mol. The van der Waals surface area contributed by atoms with E-state index in [9.17, 15) is 26.6 Å². The molecule has 2 heterocycles. The van der Waals surface area contributed by atoms with Gasteiger partial charge in [-0.25, -0.2) is 13.6 Å². The minimum atomic E-state index is -5.13. The molecular formula is C33H38F4N2O5S. The standard InChI is InChI=1S/C33H38F4N2O5S/c1-21(2)43-28(40)20-27-22(3)38-31(44-45(41)33(35,36)37)29(30(27)39-17-15-32(4,5)16-18-39)24-8-12-26(13-9-24)42-19-14-23-6-10-25(34)11-7-23/h6-13,21H,14-20H2,1-5H3. The van der Waals surface area contributed by atoms with Crippen molar-refractivity contribution in [2.24, 2.45) is 5.41 Å². The van der Waals surface area contributed by atoms with E-state index in [4.69, 9.17) is 13.7 Å². The Morgan fingerprint density at radius 1 is 1.04 bits per heavy atom.